The van der Waals surface area contributed by atoms with E-state index in [0.717, 1.165) is 0 Å². The Morgan fingerprint density at radius 1 is 1.11 bits per heavy atom. The molecule has 2 aromatic carbocycles. The number of allylic oxidation sites excluding steroid dienone is 3. The molecule has 0 spiro atoms. The smallest absolute Gasteiger partial charge is 0.321 e. The highest BCUT2D eigenvalue weighted by Crippen LogP contribution is 2.34. The van der Waals surface area contributed by atoms with Crippen molar-refractivity contribution in [2.45, 2.75) is 11.8 Å². The number of halogens is 1. The molecule has 1 N–H and O–H groups in total. The van der Waals surface area contributed by atoms with Gasteiger partial charge < -0.3 is 5.11 Å². The number of nitrogens with zero attached hydrogens (tertiary/aromatic N) is 2. The highest BCUT2D eigenvalue weighted by molar-refractivity contribution is 6.35. The molecule has 0 saturated carbocycles. The van der Waals surface area contributed by atoms with Gasteiger partial charge in [0.25, 0.3) is 5.56 Å². The quantitative estimate of drug-likeness (QED) is 0.750. The fraction of sp³-hybridized carbons (Fsp3) is 0.0952. The summed E-state index contributed by atoms with van der Waals surface area (Å²) in [6.45, 7) is 0. The van der Waals surface area contributed by atoms with E-state index in [1.165, 1.54) is 4.57 Å². The minimum Gasteiger partial charge on any atom is -0.480 e. The molecule has 0 unspecified atom stereocenters. The summed E-state index contributed by atoms with van der Waals surface area (Å²) in [5.74, 6) is -0.914. The van der Waals surface area contributed by atoms with Crippen molar-refractivity contribution >= 4 is 28.5 Å². The van der Waals surface area contributed by atoms with Crippen molar-refractivity contribution in [2.24, 2.45) is 0 Å². The van der Waals surface area contributed by atoms with Gasteiger partial charge in [-0.25, -0.2) is 4.98 Å². The molecule has 1 aliphatic carbocycles. The first-order valence-electron chi connectivity index (χ1n) is 8.39. The zero-order valence-electron chi connectivity index (χ0n) is 14.2. The molecule has 0 fully saturated rings. The Morgan fingerprint density at radius 3 is 2.56 bits per heavy atom. The molecular weight excluding hydrogens is 364 g/mol. The van der Waals surface area contributed by atoms with Crippen LogP contribution < -0.4 is 5.56 Å². The van der Waals surface area contributed by atoms with Crippen LogP contribution in [0, 0.1) is 0 Å². The summed E-state index contributed by atoms with van der Waals surface area (Å²) in [7, 11) is 0. The number of carbonyl (C=O) groups is 1. The molecule has 6 heteroatoms. The maximum Gasteiger partial charge on any atom is 0.321 e. The zero-order valence-corrected chi connectivity index (χ0v) is 14.9. The van der Waals surface area contributed by atoms with Gasteiger partial charge in [0.1, 0.15) is 11.2 Å². The van der Waals surface area contributed by atoms with Gasteiger partial charge in [0.05, 0.1) is 21.6 Å². The van der Waals surface area contributed by atoms with E-state index in [2.05, 4.69) is 4.98 Å². The molecule has 5 nitrogen and oxygen atoms in total. The summed E-state index contributed by atoms with van der Waals surface area (Å²) in [4.78, 5) is 30.3. The Bertz CT molecular complexity index is 1170. The third-order valence-corrected chi connectivity index (χ3v) is 5.02. The maximum atomic E-state index is 13.4. The topological polar surface area (TPSA) is 72.2 Å². The van der Waals surface area contributed by atoms with Gasteiger partial charge in [-0.3, -0.25) is 14.2 Å². The third-order valence-electron chi connectivity index (χ3n) is 4.71. The maximum absolute atomic E-state index is 13.4. The molecule has 0 bridgehead atoms. The van der Waals surface area contributed by atoms with Gasteiger partial charge in [0, 0.05) is 0 Å². The van der Waals surface area contributed by atoms with Gasteiger partial charge >= 0.3 is 5.97 Å². The molecule has 134 valence electrons. The van der Waals surface area contributed by atoms with Gasteiger partial charge in [-0.15, -0.1) is 0 Å². The summed E-state index contributed by atoms with van der Waals surface area (Å²) >= 11 is 6.26. The van der Waals surface area contributed by atoms with Crippen molar-refractivity contribution in [1.29, 1.82) is 0 Å². The fourth-order valence-electron chi connectivity index (χ4n) is 3.35. The van der Waals surface area contributed by atoms with Crippen LogP contribution in [0.3, 0.4) is 0 Å². The van der Waals surface area contributed by atoms with E-state index in [4.69, 9.17) is 11.6 Å². The molecule has 3 aromatic rings. The first-order chi connectivity index (χ1) is 13.0. The Labute approximate surface area is 159 Å². The second-order valence-electron chi connectivity index (χ2n) is 6.31. The number of fused-ring (bicyclic) bond motifs is 1. The molecule has 27 heavy (non-hydrogen) atoms. The number of aromatic nitrogens is 2. The molecule has 1 aromatic heterocycles. The minimum atomic E-state index is -1.44. The molecule has 1 aliphatic rings. The summed E-state index contributed by atoms with van der Waals surface area (Å²) in [5.41, 5.74) is -0.927. The van der Waals surface area contributed by atoms with E-state index in [9.17, 15) is 14.7 Å². The SMILES string of the molecule is O=C(O)[C@@]1(c2nc3cccc(Cl)c3c(=O)n2-c2ccccc2)C=CC=CC1. The van der Waals surface area contributed by atoms with Crippen LogP contribution in [0.15, 0.2) is 77.6 Å². The fourth-order valence-corrected chi connectivity index (χ4v) is 3.60. The molecule has 0 radical (unpaired) electrons. The highest BCUT2D eigenvalue weighted by Gasteiger charge is 2.42. The molecule has 1 atom stereocenters. The largest absolute Gasteiger partial charge is 0.480 e. The van der Waals surface area contributed by atoms with Crippen molar-refractivity contribution < 1.29 is 9.90 Å². The number of para-hydroxylation sites is 1. The number of aliphatic carboxylic acids is 1. The number of hydrogen-bond donors (Lipinski definition) is 1. The average Bonchev–Trinajstić information content (AvgIpc) is 2.69. The summed E-state index contributed by atoms with van der Waals surface area (Å²) < 4.78 is 1.35. The molecule has 4 rings (SSSR count). The van der Waals surface area contributed by atoms with Crippen LogP contribution in [0.2, 0.25) is 5.02 Å². The molecule has 0 saturated heterocycles. The van der Waals surface area contributed by atoms with E-state index in [1.54, 1.807) is 66.8 Å². The van der Waals surface area contributed by atoms with Crippen molar-refractivity contribution in [3.05, 3.63) is 94.0 Å². The normalized spacial score (nSPS) is 18.7. The van der Waals surface area contributed by atoms with Gasteiger partial charge in [-0.2, -0.15) is 0 Å². The first-order valence-corrected chi connectivity index (χ1v) is 8.77. The first kappa shape index (κ1) is 17.2. The molecular formula is C21H15ClN2O3. The van der Waals surface area contributed by atoms with Crippen molar-refractivity contribution in [3.8, 4) is 5.69 Å². The average molecular weight is 379 g/mol. The lowest BCUT2D eigenvalue weighted by molar-refractivity contribution is -0.142. The van der Waals surface area contributed by atoms with Gasteiger partial charge in [0.15, 0.2) is 0 Å². The standard InChI is InChI=1S/C21H15ClN2O3/c22-15-10-7-11-16-17(15)18(25)24(14-8-3-1-4-9-14)19(23-16)21(20(26)27)12-5-2-6-13-21/h1-12H,13H2,(H,26,27)/t21-/m0/s1. The lowest BCUT2D eigenvalue weighted by Gasteiger charge is -2.29. The second-order valence-corrected chi connectivity index (χ2v) is 6.72. The van der Waals surface area contributed by atoms with Crippen LogP contribution in [0.4, 0.5) is 0 Å². The van der Waals surface area contributed by atoms with E-state index in [-0.39, 0.29) is 22.7 Å². The predicted molar refractivity (Wildman–Crippen MR) is 105 cm³/mol. The number of carboxylic acids is 1. The molecule has 1 heterocycles. The minimum absolute atomic E-state index is 0.154. The van der Waals surface area contributed by atoms with Gasteiger partial charge in [-0.1, -0.05) is 60.2 Å². The number of hydrogen-bond acceptors (Lipinski definition) is 3. The van der Waals surface area contributed by atoms with E-state index < -0.39 is 16.9 Å². The predicted octanol–water partition coefficient (Wildman–Crippen LogP) is 3.88. The Hall–Kier alpha value is -3.18. The Balaban J connectivity index is 2.17. The molecule has 0 amide bonds. The van der Waals surface area contributed by atoms with E-state index in [1.807, 2.05) is 6.07 Å². The summed E-state index contributed by atoms with van der Waals surface area (Å²) in [6.07, 6.45) is 6.99. The third kappa shape index (κ3) is 2.67. The number of rotatable bonds is 3. The van der Waals surface area contributed by atoms with Crippen molar-refractivity contribution in [1.82, 2.24) is 9.55 Å². The Kier molecular flexibility index (Phi) is 4.16. The van der Waals surface area contributed by atoms with E-state index >= 15 is 0 Å². The summed E-state index contributed by atoms with van der Waals surface area (Å²) in [6, 6.07) is 13.9. The van der Waals surface area contributed by atoms with Crippen LogP contribution in [0.25, 0.3) is 16.6 Å². The van der Waals surface area contributed by atoms with E-state index in [0.29, 0.717) is 11.2 Å². The zero-order chi connectivity index (χ0) is 19.0. The van der Waals surface area contributed by atoms with Crippen LogP contribution >= 0.6 is 11.6 Å². The Morgan fingerprint density at radius 2 is 1.89 bits per heavy atom. The second kappa shape index (κ2) is 6.52. The van der Waals surface area contributed by atoms with Crippen LogP contribution in [-0.2, 0) is 10.2 Å². The van der Waals surface area contributed by atoms with Crippen LogP contribution in [0.1, 0.15) is 12.2 Å². The lowest BCUT2D eigenvalue weighted by Crippen LogP contribution is -2.41. The van der Waals surface area contributed by atoms with Crippen LogP contribution in [0.5, 0.6) is 0 Å². The van der Waals surface area contributed by atoms with Gasteiger partial charge in [0.2, 0.25) is 0 Å². The highest BCUT2D eigenvalue weighted by atomic mass is 35.5. The van der Waals surface area contributed by atoms with Gasteiger partial charge in [-0.05, 0) is 30.7 Å². The lowest BCUT2D eigenvalue weighted by atomic mass is 9.80. The summed E-state index contributed by atoms with van der Waals surface area (Å²) in [5, 5.41) is 10.6. The van der Waals surface area contributed by atoms with Crippen molar-refractivity contribution in [3.63, 3.8) is 0 Å². The van der Waals surface area contributed by atoms with Crippen molar-refractivity contribution in [2.75, 3.05) is 0 Å². The van der Waals surface area contributed by atoms with Crippen LogP contribution in [-0.4, -0.2) is 20.6 Å². The monoisotopic (exact) mass is 378 g/mol. The number of benzene rings is 2. The molecule has 0 aliphatic heterocycles. The number of carboxylic acid groups (broad SMARTS) is 1.